The molecular weight excluding hydrogens is 258 g/mol. The molecule has 1 aromatic carbocycles. The van der Waals surface area contributed by atoms with E-state index in [4.69, 9.17) is 4.42 Å². The van der Waals surface area contributed by atoms with Crippen LogP contribution in [0.3, 0.4) is 0 Å². The van der Waals surface area contributed by atoms with Crippen LogP contribution in [0, 0.1) is 0 Å². The fourth-order valence-corrected chi connectivity index (χ4v) is 1.42. The molecule has 0 aliphatic rings. The number of amides is 2. The number of carbonyl (C=O) groups excluding carboxylic acids is 2. The SMILES string of the molecule is O=C(CNC(=O)c1ccccc1)NN=Cc1ccco1. The Morgan fingerprint density at radius 3 is 2.65 bits per heavy atom. The Labute approximate surface area is 115 Å². The molecule has 2 rings (SSSR count). The van der Waals surface area contributed by atoms with Gasteiger partial charge in [-0.25, -0.2) is 5.43 Å². The second-order valence-corrected chi connectivity index (χ2v) is 3.86. The minimum Gasteiger partial charge on any atom is -0.463 e. The summed E-state index contributed by atoms with van der Waals surface area (Å²) in [5, 5.41) is 6.19. The summed E-state index contributed by atoms with van der Waals surface area (Å²) < 4.78 is 5.00. The first kappa shape index (κ1) is 13.5. The molecule has 6 heteroatoms. The van der Waals surface area contributed by atoms with Crippen molar-refractivity contribution in [1.29, 1.82) is 0 Å². The van der Waals surface area contributed by atoms with Crippen molar-refractivity contribution < 1.29 is 14.0 Å². The maximum atomic E-state index is 11.7. The highest BCUT2D eigenvalue weighted by Crippen LogP contribution is 1.97. The molecule has 2 N–H and O–H groups in total. The Balaban J connectivity index is 1.74. The average Bonchev–Trinajstić information content (AvgIpc) is 2.99. The van der Waals surface area contributed by atoms with Crippen molar-refractivity contribution in [3.63, 3.8) is 0 Å². The Kier molecular flexibility index (Phi) is 4.66. The van der Waals surface area contributed by atoms with Crippen LogP contribution in [-0.4, -0.2) is 24.6 Å². The largest absolute Gasteiger partial charge is 0.463 e. The molecular formula is C14H13N3O3. The molecule has 0 aliphatic heterocycles. The van der Waals surface area contributed by atoms with E-state index >= 15 is 0 Å². The third kappa shape index (κ3) is 4.09. The van der Waals surface area contributed by atoms with E-state index in [1.165, 1.54) is 12.5 Å². The molecule has 0 bridgehead atoms. The fourth-order valence-electron chi connectivity index (χ4n) is 1.42. The second-order valence-electron chi connectivity index (χ2n) is 3.86. The maximum Gasteiger partial charge on any atom is 0.259 e. The third-order valence-corrected chi connectivity index (χ3v) is 2.37. The van der Waals surface area contributed by atoms with Crippen molar-refractivity contribution in [2.45, 2.75) is 0 Å². The predicted molar refractivity (Wildman–Crippen MR) is 73.2 cm³/mol. The smallest absolute Gasteiger partial charge is 0.259 e. The summed E-state index contributed by atoms with van der Waals surface area (Å²) >= 11 is 0. The van der Waals surface area contributed by atoms with Crippen LogP contribution < -0.4 is 10.7 Å². The van der Waals surface area contributed by atoms with E-state index in [-0.39, 0.29) is 12.5 Å². The van der Waals surface area contributed by atoms with Gasteiger partial charge in [-0.15, -0.1) is 0 Å². The van der Waals surface area contributed by atoms with Crippen LogP contribution >= 0.6 is 0 Å². The van der Waals surface area contributed by atoms with Gasteiger partial charge in [-0.05, 0) is 24.3 Å². The van der Waals surface area contributed by atoms with E-state index in [9.17, 15) is 9.59 Å². The molecule has 0 fully saturated rings. The Morgan fingerprint density at radius 1 is 1.15 bits per heavy atom. The van der Waals surface area contributed by atoms with Gasteiger partial charge < -0.3 is 9.73 Å². The minimum atomic E-state index is -0.419. The zero-order valence-corrected chi connectivity index (χ0v) is 10.6. The standard InChI is InChI=1S/C14H13N3O3/c18-13(17-16-9-12-7-4-8-20-12)10-15-14(19)11-5-2-1-3-6-11/h1-9H,10H2,(H,15,19)(H,17,18). The Morgan fingerprint density at radius 2 is 1.95 bits per heavy atom. The van der Waals surface area contributed by atoms with Gasteiger partial charge in [0.15, 0.2) is 0 Å². The summed E-state index contributed by atoms with van der Waals surface area (Å²) in [4.78, 5) is 23.1. The first-order valence-corrected chi connectivity index (χ1v) is 5.94. The molecule has 2 aromatic rings. The molecule has 0 unspecified atom stereocenters. The van der Waals surface area contributed by atoms with E-state index in [2.05, 4.69) is 15.8 Å². The maximum absolute atomic E-state index is 11.7. The van der Waals surface area contributed by atoms with Crippen molar-refractivity contribution in [3.8, 4) is 0 Å². The monoisotopic (exact) mass is 271 g/mol. The zero-order chi connectivity index (χ0) is 14.2. The van der Waals surface area contributed by atoms with Gasteiger partial charge in [0.1, 0.15) is 5.76 Å². The molecule has 0 spiro atoms. The minimum absolute atomic E-state index is 0.150. The van der Waals surface area contributed by atoms with E-state index in [0.29, 0.717) is 11.3 Å². The number of benzene rings is 1. The van der Waals surface area contributed by atoms with Crippen molar-refractivity contribution in [1.82, 2.24) is 10.7 Å². The topological polar surface area (TPSA) is 83.7 Å². The predicted octanol–water partition coefficient (Wildman–Crippen LogP) is 1.16. The van der Waals surface area contributed by atoms with Gasteiger partial charge in [-0.3, -0.25) is 9.59 Å². The van der Waals surface area contributed by atoms with Gasteiger partial charge >= 0.3 is 0 Å². The summed E-state index contributed by atoms with van der Waals surface area (Å²) in [5.41, 5.74) is 2.78. The third-order valence-electron chi connectivity index (χ3n) is 2.37. The van der Waals surface area contributed by atoms with E-state index in [0.717, 1.165) is 0 Å². The highest BCUT2D eigenvalue weighted by molar-refractivity contribution is 5.96. The first-order chi connectivity index (χ1) is 9.75. The van der Waals surface area contributed by atoms with Crippen molar-refractivity contribution in [3.05, 3.63) is 60.1 Å². The average molecular weight is 271 g/mol. The van der Waals surface area contributed by atoms with E-state index < -0.39 is 5.91 Å². The molecule has 0 saturated carbocycles. The molecule has 0 atom stereocenters. The summed E-state index contributed by atoms with van der Waals surface area (Å²) in [6.45, 7) is -0.150. The van der Waals surface area contributed by atoms with E-state index in [1.807, 2.05) is 6.07 Å². The lowest BCUT2D eigenvalue weighted by Crippen LogP contribution is -2.34. The number of rotatable bonds is 5. The van der Waals surface area contributed by atoms with Gasteiger partial charge in [-0.2, -0.15) is 5.10 Å². The van der Waals surface area contributed by atoms with Crippen LogP contribution in [0.25, 0.3) is 0 Å². The van der Waals surface area contributed by atoms with Crippen LogP contribution in [0.2, 0.25) is 0 Å². The molecule has 20 heavy (non-hydrogen) atoms. The molecule has 102 valence electrons. The fraction of sp³-hybridized carbons (Fsp3) is 0.0714. The molecule has 1 heterocycles. The number of furan rings is 1. The summed E-state index contributed by atoms with van der Waals surface area (Å²) in [7, 11) is 0. The number of hydrogen-bond acceptors (Lipinski definition) is 4. The number of hydrazone groups is 1. The number of carbonyl (C=O) groups is 2. The van der Waals surface area contributed by atoms with Gasteiger partial charge in [0.2, 0.25) is 0 Å². The highest BCUT2D eigenvalue weighted by Gasteiger charge is 2.06. The highest BCUT2D eigenvalue weighted by atomic mass is 16.3. The quantitative estimate of drug-likeness (QED) is 0.632. The molecule has 0 aliphatic carbocycles. The Bertz CT molecular complexity index is 591. The van der Waals surface area contributed by atoms with Crippen molar-refractivity contribution in [2.75, 3.05) is 6.54 Å². The second kappa shape index (κ2) is 6.89. The van der Waals surface area contributed by atoms with Crippen LogP contribution in [0.15, 0.2) is 58.2 Å². The van der Waals surface area contributed by atoms with Crippen LogP contribution in [0.1, 0.15) is 16.1 Å². The van der Waals surface area contributed by atoms with E-state index in [1.54, 1.807) is 36.4 Å². The lowest BCUT2D eigenvalue weighted by Gasteiger charge is -2.03. The van der Waals surface area contributed by atoms with Crippen LogP contribution in [0.4, 0.5) is 0 Å². The lowest BCUT2D eigenvalue weighted by molar-refractivity contribution is -0.120. The molecule has 1 aromatic heterocycles. The molecule has 2 amide bonds. The van der Waals surface area contributed by atoms with Crippen LogP contribution in [0.5, 0.6) is 0 Å². The number of nitrogens with zero attached hydrogens (tertiary/aromatic N) is 1. The van der Waals surface area contributed by atoms with Gasteiger partial charge in [0, 0.05) is 5.56 Å². The normalized spacial score (nSPS) is 10.4. The Hall–Kier alpha value is -2.89. The zero-order valence-electron chi connectivity index (χ0n) is 10.6. The molecule has 0 radical (unpaired) electrons. The summed E-state index contributed by atoms with van der Waals surface area (Å²) in [6.07, 6.45) is 2.88. The van der Waals surface area contributed by atoms with Gasteiger partial charge in [-0.1, -0.05) is 18.2 Å². The summed E-state index contributed by atoms with van der Waals surface area (Å²) in [6, 6.07) is 12.1. The van der Waals surface area contributed by atoms with Crippen molar-refractivity contribution in [2.24, 2.45) is 5.10 Å². The number of hydrogen-bond donors (Lipinski definition) is 2. The lowest BCUT2D eigenvalue weighted by atomic mass is 10.2. The summed E-state index contributed by atoms with van der Waals surface area (Å²) in [5.74, 6) is -0.202. The number of nitrogens with one attached hydrogen (secondary N) is 2. The van der Waals surface area contributed by atoms with Gasteiger partial charge in [0.25, 0.3) is 11.8 Å². The molecule has 6 nitrogen and oxygen atoms in total. The molecule has 0 saturated heterocycles. The van der Waals surface area contributed by atoms with Crippen molar-refractivity contribution >= 4 is 18.0 Å². The van der Waals surface area contributed by atoms with Gasteiger partial charge in [0.05, 0.1) is 19.0 Å². The first-order valence-electron chi connectivity index (χ1n) is 5.94. The van der Waals surface area contributed by atoms with Crippen LogP contribution in [-0.2, 0) is 4.79 Å².